The van der Waals surface area contributed by atoms with Crippen molar-refractivity contribution in [2.24, 2.45) is 0 Å². The van der Waals surface area contributed by atoms with Gasteiger partial charge in [-0.1, -0.05) is 84.9 Å². The number of fused-ring (bicyclic) bond motifs is 1. The Morgan fingerprint density at radius 3 is 1.54 bits per heavy atom. The van der Waals surface area contributed by atoms with Crippen molar-refractivity contribution in [2.45, 2.75) is 58.9 Å². The predicted octanol–water partition coefficient (Wildman–Crippen LogP) is 4.74. The number of rotatable bonds is 21. The smallest absolute Gasteiger partial charge is 0.332 e. The van der Waals surface area contributed by atoms with Gasteiger partial charge in [-0.2, -0.15) is 0 Å². The van der Waals surface area contributed by atoms with Gasteiger partial charge in [0.25, 0.3) is 5.56 Å². The van der Waals surface area contributed by atoms with Gasteiger partial charge in [-0.3, -0.25) is 18.8 Å². The van der Waals surface area contributed by atoms with Crippen LogP contribution >= 0.6 is 0 Å². The van der Waals surface area contributed by atoms with Crippen molar-refractivity contribution in [3.05, 3.63) is 147 Å². The number of aliphatic hydroxyl groups excluding tert-OH is 2. The number of aliphatic hydroxyl groups is 2. The molecule has 2 N–H and O–H groups in total. The van der Waals surface area contributed by atoms with E-state index in [2.05, 4.69) is 4.98 Å². The predicted molar refractivity (Wildman–Crippen MR) is 213 cm³/mol. The molecule has 0 saturated carbocycles. The molecule has 294 valence electrons. The number of benzene rings is 4. The summed E-state index contributed by atoms with van der Waals surface area (Å²) in [5, 5.41) is 22.6. The minimum Gasteiger partial charge on any atom is -0.487 e. The van der Waals surface area contributed by atoms with Crippen LogP contribution in [0.15, 0.2) is 125 Å². The molecule has 6 aromatic rings. The minimum absolute atomic E-state index is 0.0427. The zero-order chi connectivity index (χ0) is 39.3. The zero-order valence-electron chi connectivity index (χ0n) is 31.8. The second-order valence-corrected chi connectivity index (χ2v) is 13.3. The van der Waals surface area contributed by atoms with E-state index in [4.69, 9.17) is 18.9 Å². The molecular weight excluding hydrogens is 714 g/mol. The summed E-state index contributed by atoms with van der Waals surface area (Å²) in [5.41, 5.74) is 1.86. The monoisotopic (exact) mass is 763 g/mol. The summed E-state index contributed by atoms with van der Waals surface area (Å²) in [4.78, 5) is 32.7. The van der Waals surface area contributed by atoms with E-state index in [1.54, 1.807) is 30.0 Å². The SMILES string of the molecule is CCn1c(=O)c2c(ncn2CCN(CC(O)COc2ccccc2OCc2ccccc2)CC(O)COc2ccccc2OCc2ccccc2)n(CC)c1=O. The first-order valence-corrected chi connectivity index (χ1v) is 18.9. The highest BCUT2D eigenvalue weighted by molar-refractivity contribution is 5.70. The third kappa shape index (κ3) is 10.2. The Morgan fingerprint density at radius 1 is 0.625 bits per heavy atom. The van der Waals surface area contributed by atoms with Crippen LogP contribution in [0.5, 0.6) is 23.0 Å². The molecule has 13 heteroatoms. The molecule has 0 saturated heterocycles. The summed E-state index contributed by atoms with van der Waals surface area (Å²) >= 11 is 0. The standard InChI is InChI=1S/C43H49N5O8/c1-3-47-41-40(42(51)48(4-2)43(47)52)46(31-44-41)24-23-45(25-34(49)29-55-38-21-13-11-19-36(38)53-27-32-15-7-5-8-16-32)26-35(50)30-56-39-22-14-12-20-37(39)54-28-33-17-9-6-10-18-33/h5-22,31,34-35,49-50H,3-4,23-30H2,1-2H3. The van der Waals surface area contributed by atoms with Crippen LogP contribution in [0.3, 0.4) is 0 Å². The van der Waals surface area contributed by atoms with E-state index in [0.29, 0.717) is 67.0 Å². The molecule has 0 bridgehead atoms. The van der Waals surface area contributed by atoms with Gasteiger partial charge in [-0.15, -0.1) is 0 Å². The lowest BCUT2D eigenvalue weighted by atomic mass is 10.2. The zero-order valence-corrected chi connectivity index (χ0v) is 31.8. The van der Waals surface area contributed by atoms with Gasteiger partial charge in [-0.25, -0.2) is 9.78 Å². The van der Waals surface area contributed by atoms with Crippen LogP contribution in [0.25, 0.3) is 11.2 Å². The molecule has 2 heterocycles. The Hall–Kier alpha value is -5.89. The van der Waals surface area contributed by atoms with E-state index >= 15 is 0 Å². The van der Waals surface area contributed by atoms with Gasteiger partial charge in [0.2, 0.25) is 0 Å². The number of para-hydroxylation sites is 4. The molecule has 2 aromatic heterocycles. The summed E-state index contributed by atoms with van der Waals surface area (Å²) in [6.45, 7) is 5.70. The van der Waals surface area contributed by atoms with Crippen LogP contribution in [0, 0.1) is 0 Å². The molecule has 2 unspecified atom stereocenters. The Labute approximate surface area is 325 Å². The summed E-state index contributed by atoms with van der Waals surface area (Å²) in [5.74, 6) is 2.09. The topological polar surface area (TPSA) is 142 Å². The Balaban J connectivity index is 1.14. The molecule has 56 heavy (non-hydrogen) atoms. The van der Waals surface area contributed by atoms with Gasteiger partial charge in [0.1, 0.15) is 38.6 Å². The van der Waals surface area contributed by atoms with Crippen LogP contribution in [0.1, 0.15) is 25.0 Å². The summed E-state index contributed by atoms with van der Waals surface area (Å²) < 4.78 is 28.6. The van der Waals surface area contributed by atoms with E-state index in [9.17, 15) is 19.8 Å². The second-order valence-electron chi connectivity index (χ2n) is 13.3. The molecule has 0 aliphatic rings. The van der Waals surface area contributed by atoms with E-state index < -0.39 is 23.5 Å². The Bertz CT molecular complexity index is 2160. The first kappa shape index (κ1) is 39.8. The minimum atomic E-state index is -0.959. The van der Waals surface area contributed by atoms with E-state index in [1.807, 2.05) is 109 Å². The van der Waals surface area contributed by atoms with Crippen LogP contribution in [0.2, 0.25) is 0 Å². The van der Waals surface area contributed by atoms with Crippen molar-refractivity contribution in [2.75, 3.05) is 32.8 Å². The molecule has 0 fully saturated rings. The maximum absolute atomic E-state index is 13.4. The fraction of sp³-hybridized carbons (Fsp3) is 0.326. The van der Waals surface area contributed by atoms with Crippen molar-refractivity contribution in [3.8, 4) is 23.0 Å². The Kier molecular flexibility index (Phi) is 13.9. The molecule has 0 spiro atoms. The van der Waals surface area contributed by atoms with Gasteiger partial charge in [0.05, 0.1) is 6.33 Å². The summed E-state index contributed by atoms with van der Waals surface area (Å²) in [6.07, 6.45) is -0.368. The van der Waals surface area contributed by atoms with Gasteiger partial charge in [0, 0.05) is 39.3 Å². The van der Waals surface area contributed by atoms with Crippen LogP contribution in [-0.2, 0) is 32.8 Å². The van der Waals surface area contributed by atoms with Crippen molar-refractivity contribution in [3.63, 3.8) is 0 Å². The number of hydrogen-bond acceptors (Lipinski definition) is 10. The lowest BCUT2D eigenvalue weighted by Crippen LogP contribution is -2.43. The van der Waals surface area contributed by atoms with Crippen molar-refractivity contribution >= 4 is 11.2 Å². The lowest BCUT2D eigenvalue weighted by molar-refractivity contribution is 0.0293. The van der Waals surface area contributed by atoms with Crippen LogP contribution in [-0.4, -0.2) is 78.9 Å². The molecule has 4 aromatic carbocycles. The average molecular weight is 764 g/mol. The maximum Gasteiger partial charge on any atom is 0.332 e. The highest BCUT2D eigenvalue weighted by atomic mass is 16.5. The average Bonchev–Trinajstić information content (AvgIpc) is 3.65. The molecule has 13 nitrogen and oxygen atoms in total. The van der Waals surface area contributed by atoms with Crippen molar-refractivity contribution in [1.82, 2.24) is 23.6 Å². The molecule has 6 rings (SSSR count). The number of nitrogens with zero attached hydrogens (tertiary/aromatic N) is 5. The maximum atomic E-state index is 13.4. The highest BCUT2D eigenvalue weighted by Crippen LogP contribution is 2.29. The number of imidazole rings is 1. The number of aryl methyl sites for hydroxylation is 1. The van der Waals surface area contributed by atoms with Crippen molar-refractivity contribution in [1.29, 1.82) is 0 Å². The molecule has 0 radical (unpaired) electrons. The van der Waals surface area contributed by atoms with E-state index in [-0.39, 0.29) is 32.8 Å². The van der Waals surface area contributed by atoms with Crippen LogP contribution < -0.4 is 30.2 Å². The first-order chi connectivity index (χ1) is 27.3. The number of hydrogen-bond donors (Lipinski definition) is 2. The fourth-order valence-electron chi connectivity index (χ4n) is 6.40. The largest absolute Gasteiger partial charge is 0.487 e. The number of ether oxygens (including phenoxy) is 4. The summed E-state index contributed by atoms with van der Waals surface area (Å²) in [7, 11) is 0. The molecule has 0 aliphatic carbocycles. The second kappa shape index (κ2) is 19.6. The molecule has 2 atom stereocenters. The van der Waals surface area contributed by atoms with E-state index in [1.165, 1.54) is 9.13 Å². The third-order valence-corrected chi connectivity index (χ3v) is 9.25. The van der Waals surface area contributed by atoms with E-state index in [0.717, 1.165) is 11.1 Å². The van der Waals surface area contributed by atoms with Gasteiger partial charge >= 0.3 is 5.69 Å². The first-order valence-electron chi connectivity index (χ1n) is 18.9. The quantitative estimate of drug-likeness (QED) is 0.106. The molecule has 0 amide bonds. The number of aromatic nitrogens is 4. The van der Waals surface area contributed by atoms with Gasteiger partial charge in [0.15, 0.2) is 34.2 Å². The van der Waals surface area contributed by atoms with Crippen LogP contribution in [0.4, 0.5) is 0 Å². The lowest BCUT2D eigenvalue weighted by Gasteiger charge is -2.28. The fourth-order valence-corrected chi connectivity index (χ4v) is 6.40. The Morgan fingerprint density at radius 2 is 1.07 bits per heavy atom. The van der Waals surface area contributed by atoms with Gasteiger partial charge < -0.3 is 33.7 Å². The molecular formula is C43H49N5O8. The summed E-state index contributed by atoms with van der Waals surface area (Å²) in [6, 6.07) is 34.2. The third-order valence-electron chi connectivity index (χ3n) is 9.25. The normalized spacial score (nSPS) is 12.4. The van der Waals surface area contributed by atoms with Crippen molar-refractivity contribution < 1.29 is 29.2 Å². The highest BCUT2D eigenvalue weighted by Gasteiger charge is 2.21. The van der Waals surface area contributed by atoms with Gasteiger partial charge in [-0.05, 0) is 49.2 Å². The molecule has 0 aliphatic heterocycles.